The molecule has 0 radical (unpaired) electrons. The van der Waals surface area contributed by atoms with Crippen LogP contribution in [0, 0.1) is 0 Å². The Kier molecular flexibility index (Phi) is 5.67. The number of nitrogens with zero attached hydrogens (tertiary/aromatic N) is 3. The van der Waals surface area contributed by atoms with E-state index in [4.69, 9.17) is 4.42 Å². The predicted octanol–water partition coefficient (Wildman–Crippen LogP) is 5.45. The van der Waals surface area contributed by atoms with Crippen molar-refractivity contribution in [3.05, 3.63) is 103 Å². The van der Waals surface area contributed by atoms with Crippen LogP contribution in [0.4, 0.5) is 16.2 Å². The molecule has 0 saturated carbocycles. The van der Waals surface area contributed by atoms with E-state index in [9.17, 15) is 9.59 Å². The molecule has 1 atom stereocenters. The molecule has 7 nitrogen and oxygen atoms in total. The van der Waals surface area contributed by atoms with E-state index in [2.05, 4.69) is 9.88 Å². The van der Waals surface area contributed by atoms with Gasteiger partial charge in [-0.2, -0.15) is 0 Å². The summed E-state index contributed by atoms with van der Waals surface area (Å²) in [6.45, 7) is 3.72. The van der Waals surface area contributed by atoms with Crippen molar-refractivity contribution in [1.29, 1.82) is 0 Å². The molecule has 0 bridgehead atoms. The van der Waals surface area contributed by atoms with Crippen molar-refractivity contribution in [2.24, 2.45) is 0 Å². The molecule has 172 valence electrons. The maximum atomic E-state index is 13.9. The quantitative estimate of drug-likeness (QED) is 0.436. The average molecular weight is 455 g/mol. The molecule has 3 amide bonds. The van der Waals surface area contributed by atoms with Crippen molar-refractivity contribution < 1.29 is 14.0 Å². The Bertz CT molecular complexity index is 1290. The number of aromatic nitrogens is 1. The molecule has 2 aromatic heterocycles. The molecular weight excluding hydrogens is 428 g/mol. The molecule has 4 aromatic rings. The first-order valence-corrected chi connectivity index (χ1v) is 11.3. The molecule has 1 aliphatic heterocycles. The lowest BCUT2D eigenvalue weighted by molar-refractivity contribution is -0.120. The minimum Gasteiger partial charge on any atom is -0.467 e. The minimum absolute atomic E-state index is 0.0808. The third-order valence-electron chi connectivity index (χ3n) is 6.02. The summed E-state index contributed by atoms with van der Waals surface area (Å²) in [7, 11) is 0. The van der Waals surface area contributed by atoms with E-state index in [-0.39, 0.29) is 24.5 Å². The van der Waals surface area contributed by atoms with Crippen LogP contribution < -0.4 is 10.2 Å². The van der Waals surface area contributed by atoms with Gasteiger partial charge in [-0.1, -0.05) is 30.3 Å². The molecule has 0 fully saturated rings. The second kappa shape index (κ2) is 8.94. The summed E-state index contributed by atoms with van der Waals surface area (Å²) in [5.74, 6) is 0.464. The summed E-state index contributed by atoms with van der Waals surface area (Å²) in [6.07, 6.45) is 3.60. The number of anilines is 2. The number of carbonyl (C=O) groups is 2. The maximum absolute atomic E-state index is 13.9. The van der Waals surface area contributed by atoms with E-state index in [1.807, 2.05) is 98.9 Å². The minimum atomic E-state index is -0.446. The molecule has 0 aliphatic carbocycles. The number of amides is 3. The van der Waals surface area contributed by atoms with E-state index >= 15 is 0 Å². The van der Waals surface area contributed by atoms with Crippen LogP contribution in [0.2, 0.25) is 0 Å². The second-order valence-corrected chi connectivity index (χ2v) is 8.49. The number of urea groups is 1. The Morgan fingerprint density at radius 2 is 1.68 bits per heavy atom. The normalized spacial score (nSPS) is 14.4. The molecule has 1 unspecified atom stereocenters. The van der Waals surface area contributed by atoms with E-state index in [1.54, 1.807) is 16.1 Å². The fourth-order valence-electron chi connectivity index (χ4n) is 4.41. The summed E-state index contributed by atoms with van der Waals surface area (Å²) in [5.41, 5.74) is 3.28. The van der Waals surface area contributed by atoms with Gasteiger partial charge in [0.25, 0.3) is 0 Å². The number of furan rings is 1. The lowest BCUT2D eigenvalue weighted by Crippen LogP contribution is -2.49. The van der Waals surface area contributed by atoms with E-state index in [0.717, 1.165) is 17.1 Å². The lowest BCUT2D eigenvalue weighted by Gasteiger charge is -2.38. The van der Waals surface area contributed by atoms with Gasteiger partial charge in [-0.15, -0.1) is 0 Å². The van der Waals surface area contributed by atoms with Gasteiger partial charge in [0.1, 0.15) is 18.3 Å². The van der Waals surface area contributed by atoms with Gasteiger partial charge >= 0.3 is 6.03 Å². The highest BCUT2D eigenvalue weighted by atomic mass is 16.3. The van der Waals surface area contributed by atoms with Gasteiger partial charge in [-0.05, 0) is 62.4 Å². The van der Waals surface area contributed by atoms with Gasteiger partial charge in [-0.3, -0.25) is 9.69 Å². The second-order valence-electron chi connectivity index (χ2n) is 8.49. The molecule has 0 spiro atoms. The molecule has 0 saturated heterocycles. The highest BCUT2D eigenvalue weighted by Gasteiger charge is 2.38. The number of hydrogen-bond donors (Lipinski definition) is 1. The van der Waals surface area contributed by atoms with Gasteiger partial charge in [-0.25, -0.2) is 4.79 Å². The van der Waals surface area contributed by atoms with Crippen molar-refractivity contribution in [2.75, 3.05) is 16.8 Å². The average Bonchev–Trinajstić information content (AvgIpc) is 3.54. The largest absolute Gasteiger partial charge is 0.467 e. The Balaban J connectivity index is 1.50. The Morgan fingerprint density at radius 3 is 2.38 bits per heavy atom. The van der Waals surface area contributed by atoms with E-state index < -0.39 is 6.04 Å². The SMILES string of the molecule is CC(C)N(CC(=O)N1c2ccccc2-n2cccc2C1c1ccco1)C(=O)Nc1ccccc1. The number of benzene rings is 2. The van der Waals surface area contributed by atoms with Gasteiger partial charge in [0.05, 0.1) is 23.3 Å². The Hall–Kier alpha value is -4.26. The molecule has 1 N–H and O–H groups in total. The van der Waals surface area contributed by atoms with Crippen LogP contribution in [0.25, 0.3) is 5.69 Å². The van der Waals surface area contributed by atoms with Gasteiger partial charge in [0.15, 0.2) is 0 Å². The van der Waals surface area contributed by atoms with Crippen molar-refractivity contribution in [3.63, 3.8) is 0 Å². The number of nitrogens with one attached hydrogen (secondary N) is 1. The summed E-state index contributed by atoms with van der Waals surface area (Å²) >= 11 is 0. The monoisotopic (exact) mass is 454 g/mol. The van der Waals surface area contributed by atoms with Crippen LogP contribution in [0.1, 0.15) is 31.3 Å². The smallest absolute Gasteiger partial charge is 0.322 e. The zero-order valence-corrected chi connectivity index (χ0v) is 19.1. The standard InChI is InChI=1S/C27H26N4O3/c1-19(2)30(27(33)28-20-10-4-3-5-11-20)18-25(32)31-22-13-7-6-12-21(22)29-16-8-14-23(29)26(31)24-15-9-17-34-24/h3-17,19,26H,18H2,1-2H3,(H,28,33). The molecule has 1 aliphatic rings. The zero-order valence-electron chi connectivity index (χ0n) is 19.1. The topological polar surface area (TPSA) is 70.7 Å². The number of carbonyl (C=O) groups excluding carboxylic acids is 2. The fourth-order valence-corrected chi connectivity index (χ4v) is 4.41. The van der Waals surface area contributed by atoms with Crippen molar-refractivity contribution >= 4 is 23.3 Å². The number of fused-ring (bicyclic) bond motifs is 3. The predicted molar refractivity (Wildman–Crippen MR) is 131 cm³/mol. The number of para-hydroxylation sites is 3. The molecule has 3 heterocycles. The third kappa shape index (κ3) is 3.85. The van der Waals surface area contributed by atoms with Crippen LogP contribution in [0.5, 0.6) is 0 Å². The number of rotatable bonds is 5. The first-order chi connectivity index (χ1) is 16.5. The van der Waals surface area contributed by atoms with Gasteiger partial charge < -0.3 is 19.2 Å². The zero-order chi connectivity index (χ0) is 23.7. The van der Waals surface area contributed by atoms with Crippen molar-refractivity contribution in [1.82, 2.24) is 9.47 Å². The third-order valence-corrected chi connectivity index (χ3v) is 6.02. The molecular formula is C27H26N4O3. The lowest BCUT2D eigenvalue weighted by atomic mass is 10.0. The van der Waals surface area contributed by atoms with Crippen LogP contribution in [0.3, 0.4) is 0 Å². The van der Waals surface area contributed by atoms with Crippen LogP contribution in [-0.2, 0) is 4.79 Å². The van der Waals surface area contributed by atoms with E-state index in [0.29, 0.717) is 11.4 Å². The fraction of sp³-hybridized carbons (Fsp3) is 0.185. The summed E-state index contributed by atoms with van der Waals surface area (Å²) < 4.78 is 7.85. The summed E-state index contributed by atoms with van der Waals surface area (Å²) in [4.78, 5) is 30.3. The Morgan fingerprint density at radius 1 is 0.941 bits per heavy atom. The molecule has 2 aromatic carbocycles. The molecule has 7 heteroatoms. The maximum Gasteiger partial charge on any atom is 0.322 e. The first kappa shape index (κ1) is 21.6. The van der Waals surface area contributed by atoms with Crippen molar-refractivity contribution in [2.45, 2.75) is 25.9 Å². The molecule has 34 heavy (non-hydrogen) atoms. The van der Waals surface area contributed by atoms with Crippen molar-refractivity contribution in [3.8, 4) is 5.69 Å². The van der Waals surface area contributed by atoms with E-state index in [1.165, 1.54) is 0 Å². The van der Waals surface area contributed by atoms with Gasteiger partial charge in [0, 0.05) is 17.9 Å². The van der Waals surface area contributed by atoms with Crippen LogP contribution in [0.15, 0.2) is 95.7 Å². The van der Waals surface area contributed by atoms with Gasteiger partial charge in [0.2, 0.25) is 5.91 Å². The summed E-state index contributed by atoms with van der Waals surface area (Å²) in [6, 6.07) is 23.7. The summed E-state index contributed by atoms with van der Waals surface area (Å²) in [5, 5.41) is 2.89. The Labute approximate surface area is 198 Å². The van der Waals surface area contributed by atoms with Crippen LogP contribution in [-0.4, -0.2) is 34.0 Å². The number of hydrogen-bond acceptors (Lipinski definition) is 3. The van der Waals surface area contributed by atoms with Crippen LogP contribution >= 0.6 is 0 Å². The highest BCUT2D eigenvalue weighted by Crippen LogP contribution is 2.42. The molecule has 5 rings (SSSR count). The first-order valence-electron chi connectivity index (χ1n) is 11.3. The highest BCUT2D eigenvalue weighted by molar-refractivity contribution is 6.01.